The summed E-state index contributed by atoms with van der Waals surface area (Å²) in [6.45, 7) is 2.02. The van der Waals surface area contributed by atoms with Crippen LogP contribution in [-0.2, 0) is 5.54 Å². The first-order chi connectivity index (χ1) is 9.05. The standard InChI is InChI=1S/C15H15BrINO/c1-15(10-19,11-6-8-12(17)9-7-11)18-14-5-3-2-4-13(14)16/h2-9,18-19H,10H2,1H3. The van der Waals surface area contributed by atoms with Crippen molar-refractivity contribution in [2.75, 3.05) is 11.9 Å². The van der Waals surface area contributed by atoms with Crippen LogP contribution in [0.25, 0.3) is 0 Å². The summed E-state index contributed by atoms with van der Waals surface area (Å²) < 4.78 is 2.17. The molecule has 4 heteroatoms. The maximum absolute atomic E-state index is 9.78. The molecule has 0 aliphatic rings. The molecule has 0 spiro atoms. The largest absolute Gasteiger partial charge is 0.394 e. The van der Waals surface area contributed by atoms with Crippen LogP contribution in [0.15, 0.2) is 53.0 Å². The number of aliphatic hydroxyl groups is 1. The molecule has 2 N–H and O–H groups in total. The van der Waals surface area contributed by atoms with Gasteiger partial charge in [0.25, 0.3) is 0 Å². The molecule has 2 nitrogen and oxygen atoms in total. The Bertz CT molecular complexity index is 558. The minimum atomic E-state index is -0.506. The van der Waals surface area contributed by atoms with Gasteiger partial charge in [-0.2, -0.15) is 0 Å². The normalized spacial score (nSPS) is 13.9. The van der Waals surface area contributed by atoms with Crippen LogP contribution in [0.2, 0.25) is 0 Å². The molecular formula is C15H15BrINO. The Morgan fingerprint density at radius 1 is 1.16 bits per heavy atom. The Kier molecular flexibility index (Phi) is 4.86. The van der Waals surface area contributed by atoms with E-state index in [1.165, 1.54) is 3.57 Å². The summed E-state index contributed by atoms with van der Waals surface area (Å²) >= 11 is 5.79. The van der Waals surface area contributed by atoms with Gasteiger partial charge in [0.1, 0.15) is 0 Å². The van der Waals surface area contributed by atoms with E-state index >= 15 is 0 Å². The van der Waals surface area contributed by atoms with Crippen LogP contribution in [-0.4, -0.2) is 11.7 Å². The first kappa shape index (κ1) is 14.8. The molecule has 1 atom stereocenters. The highest BCUT2D eigenvalue weighted by atomic mass is 127. The SMILES string of the molecule is CC(CO)(Nc1ccccc1Br)c1ccc(I)cc1. The van der Waals surface area contributed by atoms with Crippen molar-refractivity contribution in [3.05, 3.63) is 62.1 Å². The lowest BCUT2D eigenvalue weighted by Gasteiger charge is -2.31. The fourth-order valence-corrected chi connectivity index (χ4v) is 2.62. The smallest absolute Gasteiger partial charge is 0.0828 e. The van der Waals surface area contributed by atoms with Crippen LogP contribution in [0.5, 0.6) is 0 Å². The maximum atomic E-state index is 9.78. The second-order valence-corrected chi connectivity index (χ2v) is 6.70. The minimum Gasteiger partial charge on any atom is -0.394 e. The maximum Gasteiger partial charge on any atom is 0.0828 e. The van der Waals surface area contributed by atoms with Gasteiger partial charge >= 0.3 is 0 Å². The molecule has 0 heterocycles. The molecule has 100 valence electrons. The van der Waals surface area contributed by atoms with Crippen molar-refractivity contribution in [1.82, 2.24) is 0 Å². The molecule has 0 bridgehead atoms. The molecule has 19 heavy (non-hydrogen) atoms. The van der Waals surface area contributed by atoms with Crippen molar-refractivity contribution < 1.29 is 5.11 Å². The number of halogens is 2. The average molecular weight is 432 g/mol. The Morgan fingerprint density at radius 2 is 1.79 bits per heavy atom. The molecule has 0 saturated carbocycles. The highest BCUT2D eigenvalue weighted by molar-refractivity contribution is 14.1. The van der Waals surface area contributed by atoms with Gasteiger partial charge in [0.15, 0.2) is 0 Å². The fraction of sp³-hybridized carbons (Fsp3) is 0.200. The quantitative estimate of drug-likeness (QED) is 0.704. The van der Waals surface area contributed by atoms with E-state index in [4.69, 9.17) is 0 Å². The average Bonchev–Trinajstić information content (AvgIpc) is 2.42. The zero-order valence-corrected chi connectivity index (χ0v) is 14.3. The summed E-state index contributed by atoms with van der Waals surface area (Å²) in [4.78, 5) is 0. The van der Waals surface area contributed by atoms with E-state index in [0.29, 0.717) is 0 Å². The summed E-state index contributed by atoms with van der Waals surface area (Å²) in [6.07, 6.45) is 0. The third-order valence-corrected chi connectivity index (χ3v) is 4.49. The van der Waals surface area contributed by atoms with E-state index in [-0.39, 0.29) is 6.61 Å². The summed E-state index contributed by atoms with van der Waals surface area (Å²) in [5.41, 5.74) is 1.53. The van der Waals surface area contributed by atoms with Crippen LogP contribution >= 0.6 is 38.5 Å². The Hall–Kier alpha value is -0.590. The lowest BCUT2D eigenvalue weighted by Crippen LogP contribution is -2.36. The van der Waals surface area contributed by atoms with Crippen LogP contribution < -0.4 is 5.32 Å². The van der Waals surface area contributed by atoms with Crippen LogP contribution in [0.3, 0.4) is 0 Å². The van der Waals surface area contributed by atoms with Gasteiger partial charge in [-0.25, -0.2) is 0 Å². The van der Waals surface area contributed by atoms with Crippen molar-refractivity contribution in [2.24, 2.45) is 0 Å². The summed E-state index contributed by atoms with van der Waals surface area (Å²) in [7, 11) is 0. The summed E-state index contributed by atoms with van der Waals surface area (Å²) in [5.74, 6) is 0. The number of hydrogen-bond donors (Lipinski definition) is 2. The number of aliphatic hydroxyl groups excluding tert-OH is 1. The minimum absolute atomic E-state index is 0.0227. The van der Waals surface area contributed by atoms with Crippen LogP contribution in [0.4, 0.5) is 5.69 Å². The first-order valence-electron chi connectivity index (χ1n) is 5.95. The molecule has 2 aromatic rings. The van der Waals surface area contributed by atoms with Gasteiger partial charge in [0.2, 0.25) is 0 Å². The van der Waals surface area contributed by atoms with Crippen molar-refractivity contribution >= 4 is 44.2 Å². The predicted molar refractivity (Wildman–Crippen MR) is 91.4 cm³/mol. The van der Waals surface area contributed by atoms with Crippen molar-refractivity contribution in [3.63, 3.8) is 0 Å². The predicted octanol–water partition coefficient (Wildman–Crippen LogP) is 4.37. The summed E-state index contributed by atoms with van der Waals surface area (Å²) in [6, 6.07) is 16.1. The lowest BCUT2D eigenvalue weighted by atomic mass is 9.92. The Morgan fingerprint density at radius 3 is 2.37 bits per heavy atom. The zero-order chi connectivity index (χ0) is 13.9. The molecule has 0 amide bonds. The van der Waals surface area contributed by atoms with Crippen molar-refractivity contribution in [3.8, 4) is 0 Å². The van der Waals surface area contributed by atoms with E-state index in [1.54, 1.807) is 0 Å². The second kappa shape index (κ2) is 6.24. The van der Waals surface area contributed by atoms with Gasteiger partial charge in [0, 0.05) is 13.7 Å². The number of rotatable bonds is 4. The molecule has 0 aliphatic heterocycles. The van der Waals surface area contributed by atoms with E-state index < -0.39 is 5.54 Å². The second-order valence-electron chi connectivity index (χ2n) is 4.60. The van der Waals surface area contributed by atoms with E-state index in [0.717, 1.165) is 15.7 Å². The van der Waals surface area contributed by atoms with E-state index in [9.17, 15) is 5.11 Å². The number of hydrogen-bond acceptors (Lipinski definition) is 2. The Labute approximate surface area is 135 Å². The highest BCUT2D eigenvalue weighted by Gasteiger charge is 2.26. The molecule has 0 aromatic heterocycles. The highest BCUT2D eigenvalue weighted by Crippen LogP contribution is 2.30. The van der Waals surface area contributed by atoms with E-state index in [2.05, 4.69) is 43.8 Å². The van der Waals surface area contributed by atoms with Crippen LogP contribution in [0.1, 0.15) is 12.5 Å². The summed E-state index contributed by atoms with van der Waals surface area (Å²) in [5, 5.41) is 13.2. The number of anilines is 1. The van der Waals surface area contributed by atoms with Gasteiger partial charge in [0.05, 0.1) is 12.1 Å². The number of benzene rings is 2. The molecule has 2 aromatic carbocycles. The monoisotopic (exact) mass is 431 g/mol. The van der Waals surface area contributed by atoms with Crippen molar-refractivity contribution in [1.29, 1.82) is 0 Å². The fourth-order valence-electron chi connectivity index (χ4n) is 1.88. The molecule has 0 saturated heterocycles. The van der Waals surface area contributed by atoms with Gasteiger partial charge in [-0.15, -0.1) is 0 Å². The van der Waals surface area contributed by atoms with Gasteiger partial charge < -0.3 is 10.4 Å². The van der Waals surface area contributed by atoms with Gasteiger partial charge in [-0.1, -0.05) is 24.3 Å². The first-order valence-corrected chi connectivity index (χ1v) is 7.82. The van der Waals surface area contributed by atoms with E-state index in [1.807, 2.05) is 55.5 Å². The zero-order valence-electron chi connectivity index (χ0n) is 10.5. The molecule has 0 fully saturated rings. The third kappa shape index (κ3) is 3.49. The van der Waals surface area contributed by atoms with Crippen LogP contribution in [0, 0.1) is 3.57 Å². The molecule has 2 rings (SSSR count). The molecule has 0 aliphatic carbocycles. The molecular weight excluding hydrogens is 417 g/mol. The number of para-hydroxylation sites is 1. The molecule has 0 radical (unpaired) electrons. The number of nitrogens with one attached hydrogen (secondary N) is 1. The van der Waals surface area contributed by atoms with Gasteiger partial charge in [-0.05, 0) is 75.3 Å². The third-order valence-electron chi connectivity index (χ3n) is 3.08. The topological polar surface area (TPSA) is 32.3 Å². The molecule has 1 unspecified atom stereocenters. The Balaban J connectivity index is 2.33. The van der Waals surface area contributed by atoms with Crippen molar-refractivity contribution in [2.45, 2.75) is 12.5 Å². The lowest BCUT2D eigenvalue weighted by molar-refractivity contribution is 0.224. The van der Waals surface area contributed by atoms with Gasteiger partial charge in [-0.3, -0.25) is 0 Å².